The Kier molecular flexibility index (Phi) is 6.54. The molecule has 0 radical (unpaired) electrons. The van der Waals surface area contributed by atoms with Crippen LogP contribution in [0.4, 0.5) is 10.9 Å². The fraction of sp³-hybridized carbons (Fsp3) is 0.176. The van der Waals surface area contributed by atoms with Gasteiger partial charge in [0.05, 0.1) is 5.69 Å². The van der Waals surface area contributed by atoms with Gasteiger partial charge < -0.3 is 10.4 Å². The van der Waals surface area contributed by atoms with Crippen LogP contribution in [0.1, 0.15) is 13.3 Å². The number of carbonyl (C=O) groups is 1. The number of nitrogens with zero attached hydrogens (tertiary/aromatic N) is 3. The van der Waals surface area contributed by atoms with Gasteiger partial charge in [0, 0.05) is 22.0 Å². The van der Waals surface area contributed by atoms with Gasteiger partial charge in [-0.2, -0.15) is 0 Å². The van der Waals surface area contributed by atoms with Gasteiger partial charge in [-0.1, -0.05) is 54.0 Å². The average molecular weight is 441 g/mol. The highest BCUT2D eigenvalue weighted by Gasteiger charge is 2.19. The number of anilines is 2. The van der Waals surface area contributed by atoms with E-state index in [2.05, 4.69) is 20.3 Å². The number of rotatable bonds is 7. The van der Waals surface area contributed by atoms with Crippen LogP contribution >= 0.6 is 46.3 Å². The van der Waals surface area contributed by atoms with E-state index in [-0.39, 0.29) is 5.15 Å². The Hall–Kier alpha value is -1.87. The minimum atomic E-state index is -0.909. The molecule has 27 heavy (non-hydrogen) atoms. The number of benzene rings is 1. The maximum Gasteiger partial charge on any atom is 0.317 e. The van der Waals surface area contributed by atoms with Gasteiger partial charge in [-0.05, 0) is 18.6 Å². The first-order valence-electron chi connectivity index (χ1n) is 7.87. The highest BCUT2D eigenvalue weighted by molar-refractivity contribution is 8.00. The summed E-state index contributed by atoms with van der Waals surface area (Å²) in [5, 5.41) is 15.4. The molecular formula is C17H14Cl2N4O2S2. The Morgan fingerprint density at radius 3 is 2.67 bits per heavy atom. The number of hydrogen-bond donors (Lipinski definition) is 2. The lowest BCUT2D eigenvalue weighted by molar-refractivity contribution is -0.136. The molecule has 1 aromatic carbocycles. The maximum absolute atomic E-state index is 11.2. The Morgan fingerprint density at radius 2 is 2.00 bits per heavy atom. The standard InChI is InChI=1S/C17H14Cl2N4O2S2/c1-2-12(15(24)25)27-17-21-13(19)7-14(23-17)22-16-20-11(8-26-16)9-3-5-10(18)6-4-9/h3-8,12H,2H2,1H3,(H,24,25)(H,20,21,22,23). The van der Waals surface area contributed by atoms with Crippen LogP contribution < -0.4 is 5.32 Å². The Balaban J connectivity index is 1.77. The summed E-state index contributed by atoms with van der Waals surface area (Å²) in [7, 11) is 0. The monoisotopic (exact) mass is 440 g/mol. The number of halogens is 2. The summed E-state index contributed by atoms with van der Waals surface area (Å²) < 4.78 is 0. The van der Waals surface area contributed by atoms with E-state index in [0.717, 1.165) is 23.0 Å². The van der Waals surface area contributed by atoms with Crippen molar-refractivity contribution in [1.82, 2.24) is 15.0 Å². The fourth-order valence-corrected chi connectivity index (χ4v) is 4.05. The zero-order valence-corrected chi connectivity index (χ0v) is 17.2. The minimum Gasteiger partial charge on any atom is -0.480 e. The van der Waals surface area contributed by atoms with Crippen molar-refractivity contribution in [1.29, 1.82) is 0 Å². The number of thiazole rings is 1. The zero-order chi connectivity index (χ0) is 19.4. The van der Waals surface area contributed by atoms with Crippen LogP contribution in [0.25, 0.3) is 11.3 Å². The molecule has 0 aliphatic rings. The van der Waals surface area contributed by atoms with Crippen molar-refractivity contribution in [2.24, 2.45) is 0 Å². The Bertz CT molecular complexity index is 950. The lowest BCUT2D eigenvalue weighted by atomic mass is 10.2. The molecule has 2 N–H and O–H groups in total. The quantitative estimate of drug-likeness (QED) is 0.280. The molecule has 0 saturated heterocycles. The summed E-state index contributed by atoms with van der Waals surface area (Å²) in [6.07, 6.45) is 0.454. The number of nitrogens with one attached hydrogen (secondary N) is 1. The van der Waals surface area contributed by atoms with Crippen molar-refractivity contribution < 1.29 is 9.90 Å². The highest BCUT2D eigenvalue weighted by Crippen LogP contribution is 2.30. The first-order valence-corrected chi connectivity index (χ1v) is 10.4. The van der Waals surface area contributed by atoms with E-state index in [9.17, 15) is 9.90 Å². The largest absolute Gasteiger partial charge is 0.480 e. The maximum atomic E-state index is 11.2. The van der Waals surface area contributed by atoms with Gasteiger partial charge in [0.25, 0.3) is 0 Å². The van der Waals surface area contributed by atoms with Gasteiger partial charge in [-0.3, -0.25) is 4.79 Å². The van der Waals surface area contributed by atoms with Gasteiger partial charge in [-0.15, -0.1) is 11.3 Å². The predicted octanol–water partition coefficient (Wildman–Crippen LogP) is 5.61. The van der Waals surface area contributed by atoms with E-state index in [1.54, 1.807) is 13.0 Å². The smallest absolute Gasteiger partial charge is 0.317 e. The van der Waals surface area contributed by atoms with E-state index in [4.69, 9.17) is 23.2 Å². The molecule has 6 nitrogen and oxygen atoms in total. The van der Waals surface area contributed by atoms with Crippen molar-refractivity contribution in [3.05, 3.63) is 45.9 Å². The van der Waals surface area contributed by atoms with E-state index >= 15 is 0 Å². The van der Waals surface area contributed by atoms with Crippen molar-refractivity contribution in [3.63, 3.8) is 0 Å². The molecule has 3 aromatic rings. The first-order chi connectivity index (χ1) is 12.9. The third-order valence-corrected chi connectivity index (χ3v) is 5.86. The van der Waals surface area contributed by atoms with E-state index in [1.165, 1.54) is 11.3 Å². The molecule has 0 aliphatic heterocycles. The van der Waals surface area contributed by atoms with E-state index in [1.807, 2.05) is 29.6 Å². The van der Waals surface area contributed by atoms with Gasteiger partial charge in [0.15, 0.2) is 10.3 Å². The number of carboxylic acid groups (broad SMARTS) is 1. The Morgan fingerprint density at radius 1 is 1.26 bits per heavy atom. The topological polar surface area (TPSA) is 88.0 Å². The second-order valence-corrected chi connectivity index (χ2v) is 8.23. The molecule has 0 amide bonds. The molecule has 0 bridgehead atoms. The van der Waals surface area contributed by atoms with Crippen molar-refractivity contribution >= 4 is 63.2 Å². The second kappa shape index (κ2) is 8.88. The molecule has 140 valence electrons. The number of aromatic nitrogens is 3. The van der Waals surface area contributed by atoms with Gasteiger partial charge in [-0.25, -0.2) is 15.0 Å². The predicted molar refractivity (Wildman–Crippen MR) is 110 cm³/mol. The van der Waals surface area contributed by atoms with Crippen LogP contribution in [-0.4, -0.2) is 31.3 Å². The van der Waals surface area contributed by atoms with Gasteiger partial charge >= 0.3 is 5.97 Å². The lowest BCUT2D eigenvalue weighted by Crippen LogP contribution is -2.15. The minimum absolute atomic E-state index is 0.227. The molecule has 2 aromatic heterocycles. The van der Waals surface area contributed by atoms with Crippen LogP contribution in [0.5, 0.6) is 0 Å². The van der Waals surface area contributed by atoms with Crippen LogP contribution in [0.15, 0.2) is 40.9 Å². The summed E-state index contributed by atoms with van der Waals surface area (Å²) in [5.74, 6) is -0.456. The summed E-state index contributed by atoms with van der Waals surface area (Å²) in [5.41, 5.74) is 1.76. The third kappa shape index (κ3) is 5.32. The first kappa shape index (κ1) is 19.9. The summed E-state index contributed by atoms with van der Waals surface area (Å²) in [6.45, 7) is 1.79. The summed E-state index contributed by atoms with van der Waals surface area (Å²) in [4.78, 5) is 24.2. The molecule has 10 heteroatoms. The highest BCUT2D eigenvalue weighted by atomic mass is 35.5. The second-order valence-electron chi connectivity index (χ2n) is 5.38. The van der Waals surface area contributed by atoms with Gasteiger partial charge in [0.1, 0.15) is 16.2 Å². The normalized spacial score (nSPS) is 12.0. The van der Waals surface area contributed by atoms with Crippen molar-refractivity contribution in [2.45, 2.75) is 23.8 Å². The molecule has 1 atom stereocenters. The number of carboxylic acids is 1. The van der Waals surface area contributed by atoms with E-state index < -0.39 is 11.2 Å². The fourth-order valence-electron chi connectivity index (χ4n) is 2.14. The zero-order valence-electron chi connectivity index (χ0n) is 14.0. The summed E-state index contributed by atoms with van der Waals surface area (Å²) >= 11 is 14.5. The van der Waals surface area contributed by atoms with Crippen LogP contribution in [0, 0.1) is 0 Å². The molecule has 0 saturated carbocycles. The molecular weight excluding hydrogens is 427 g/mol. The number of hydrogen-bond acceptors (Lipinski definition) is 7. The van der Waals surface area contributed by atoms with E-state index in [0.29, 0.717) is 27.5 Å². The molecule has 1 unspecified atom stereocenters. The molecule has 0 spiro atoms. The van der Waals surface area contributed by atoms with Crippen LogP contribution in [0.3, 0.4) is 0 Å². The number of thioether (sulfide) groups is 1. The molecule has 0 fully saturated rings. The number of aliphatic carboxylic acids is 1. The van der Waals surface area contributed by atoms with Gasteiger partial charge in [0.2, 0.25) is 0 Å². The van der Waals surface area contributed by atoms with Crippen LogP contribution in [-0.2, 0) is 4.79 Å². The lowest BCUT2D eigenvalue weighted by Gasteiger charge is -2.09. The van der Waals surface area contributed by atoms with Crippen molar-refractivity contribution in [2.75, 3.05) is 5.32 Å². The van der Waals surface area contributed by atoms with Crippen molar-refractivity contribution in [3.8, 4) is 11.3 Å². The average Bonchev–Trinajstić information content (AvgIpc) is 3.08. The summed E-state index contributed by atoms with van der Waals surface area (Å²) in [6, 6.07) is 8.98. The van der Waals surface area contributed by atoms with Crippen LogP contribution in [0.2, 0.25) is 10.2 Å². The Labute approximate surface area is 174 Å². The molecule has 3 rings (SSSR count). The third-order valence-electron chi connectivity index (χ3n) is 3.45. The molecule has 2 heterocycles. The molecule has 0 aliphatic carbocycles. The SMILES string of the molecule is CCC(Sc1nc(Cl)cc(Nc2nc(-c3ccc(Cl)cc3)cs2)n1)C(=O)O.